The van der Waals surface area contributed by atoms with Gasteiger partial charge in [-0.1, -0.05) is 32.9 Å². The molecule has 1 aromatic carbocycles. The molecule has 0 bridgehead atoms. The molecule has 2 atom stereocenters. The van der Waals surface area contributed by atoms with Crippen LogP contribution in [-0.4, -0.2) is 44.4 Å². The van der Waals surface area contributed by atoms with Gasteiger partial charge in [-0.05, 0) is 43.4 Å². The average Bonchev–Trinajstić information content (AvgIpc) is 2.63. The second-order valence-electron chi connectivity index (χ2n) is 5.59. The third-order valence-electron chi connectivity index (χ3n) is 3.89. The van der Waals surface area contributed by atoms with Crippen molar-refractivity contribution in [2.24, 2.45) is 5.92 Å². The maximum Gasteiger partial charge on any atom is 0.160 e. The first-order chi connectivity index (χ1) is 11.5. The summed E-state index contributed by atoms with van der Waals surface area (Å²) in [5, 5.41) is 9.44. The summed E-state index contributed by atoms with van der Waals surface area (Å²) in [6.07, 6.45) is 5.01. The first-order valence-electron chi connectivity index (χ1n) is 8.77. The van der Waals surface area contributed by atoms with Crippen molar-refractivity contribution in [1.29, 1.82) is 0 Å². The van der Waals surface area contributed by atoms with E-state index in [0.717, 1.165) is 24.3 Å². The van der Waals surface area contributed by atoms with Crippen LogP contribution >= 0.6 is 0 Å². The molecule has 4 nitrogen and oxygen atoms in total. The molecule has 0 spiro atoms. The number of hydrogen-bond acceptors (Lipinski definition) is 4. The van der Waals surface area contributed by atoms with Crippen molar-refractivity contribution in [2.45, 2.75) is 46.1 Å². The molecule has 24 heavy (non-hydrogen) atoms. The van der Waals surface area contributed by atoms with E-state index < -0.39 is 0 Å². The van der Waals surface area contributed by atoms with Gasteiger partial charge in [0.25, 0.3) is 0 Å². The van der Waals surface area contributed by atoms with E-state index in [1.807, 2.05) is 58.3 Å². The van der Waals surface area contributed by atoms with Gasteiger partial charge in [0.15, 0.2) is 11.5 Å². The predicted molar refractivity (Wildman–Crippen MR) is 102 cm³/mol. The SMILES string of the molecule is CC.CCC1CCC(O)C=C1N(C)C.COc1ccccc1OC. The molecule has 0 fully saturated rings. The lowest BCUT2D eigenvalue weighted by Crippen LogP contribution is -2.25. The molecule has 1 aliphatic rings. The van der Waals surface area contributed by atoms with Crippen LogP contribution in [0.1, 0.15) is 40.0 Å². The molecule has 138 valence electrons. The van der Waals surface area contributed by atoms with Crippen molar-refractivity contribution in [1.82, 2.24) is 4.90 Å². The molecule has 0 heterocycles. The lowest BCUT2D eigenvalue weighted by atomic mass is 9.88. The van der Waals surface area contributed by atoms with Gasteiger partial charge >= 0.3 is 0 Å². The molecule has 4 heteroatoms. The third kappa shape index (κ3) is 7.26. The average molecular weight is 338 g/mol. The number of benzene rings is 1. The zero-order valence-corrected chi connectivity index (χ0v) is 16.4. The van der Waals surface area contributed by atoms with E-state index in [4.69, 9.17) is 9.47 Å². The maximum atomic E-state index is 9.44. The second kappa shape index (κ2) is 12.7. The number of aliphatic hydroxyl groups excluding tert-OH is 1. The highest BCUT2D eigenvalue weighted by Gasteiger charge is 2.21. The van der Waals surface area contributed by atoms with Gasteiger partial charge < -0.3 is 19.5 Å². The Morgan fingerprint density at radius 1 is 1.04 bits per heavy atom. The van der Waals surface area contributed by atoms with Crippen molar-refractivity contribution in [2.75, 3.05) is 28.3 Å². The Balaban J connectivity index is 0.000000405. The van der Waals surface area contributed by atoms with Gasteiger partial charge in [-0.15, -0.1) is 0 Å². The summed E-state index contributed by atoms with van der Waals surface area (Å²) in [4.78, 5) is 2.12. The molecule has 1 N–H and O–H groups in total. The van der Waals surface area contributed by atoms with Gasteiger partial charge in [-0.3, -0.25) is 0 Å². The number of rotatable bonds is 4. The van der Waals surface area contributed by atoms with Gasteiger partial charge in [0.2, 0.25) is 0 Å². The van der Waals surface area contributed by atoms with Crippen LogP contribution in [0.5, 0.6) is 11.5 Å². The molecular formula is C20H35NO3. The normalized spacial score (nSPS) is 18.9. The molecule has 1 aromatic rings. The van der Waals surface area contributed by atoms with Crippen molar-refractivity contribution < 1.29 is 14.6 Å². The molecule has 0 saturated carbocycles. The van der Waals surface area contributed by atoms with Gasteiger partial charge in [-0.2, -0.15) is 0 Å². The van der Waals surface area contributed by atoms with E-state index in [2.05, 4.69) is 11.8 Å². The zero-order chi connectivity index (χ0) is 18.5. The Hall–Kier alpha value is -1.68. The molecule has 0 amide bonds. The summed E-state index contributed by atoms with van der Waals surface area (Å²) < 4.78 is 10.0. The second-order valence-corrected chi connectivity index (χ2v) is 5.59. The Labute approximate surface area is 148 Å². The van der Waals surface area contributed by atoms with E-state index in [-0.39, 0.29) is 6.10 Å². The fraction of sp³-hybridized carbons (Fsp3) is 0.600. The fourth-order valence-corrected chi connectivity index (χ4v) is 2.65. The van der Waals surface area contributed by atoms with Gasteiger partial charge in [-0.25, -0.2) is 0 Å². The minimum Gasteiger partial charge on any atom is -0.493 e. The Morgan fingerprint density at radius 2 is 1.54 bits per heavy atom. The molecule has 0 aliphatic heterocycles. The predicted octanol–water partition coefficient (Wildman–Crippen LogP) is 4.34. The number of para-hydroxylation sites is 2. The standard InChI is InChI=1S/C10H19NO.C8H10O2.C2H6/c1-4-8-5-6-9(12)7-10(8)11(2)3;1-9-7-5-3-4-6-8(7)10-2;1-2/h7-9,12H,4-6H2,1-3H3;3-6H,1-2H3;1-2H3. The summed E-state index contributed by atoms with van der Waals surface area (Å²) in [5.41, 5.74) is 1.30. The smallest absolute Gasteiger partial charge is 0.160 e. The Bertz CT molecular complexity index is 449. The number of methoxy groups -OCH3 is 2. The van der Waals surface area contributed by atoms with E-state index in [1.165, 1.54) is 12.1 Å². The quantitative estimate of drug-likeness (QED) is 0.887. The van der Waals surface area contributed by atoms with Crippen LogP contribution in [0.2, 0.25) is 0 Å². The van der Waals surface area contributed by atoms with E-state index in [1.54, 1.807) is 14.2 Å². The first kappa shape index (κ1) is 22.3. The fourth-order valence-electron chi connectivity index (χ4n) is 2.65. The molecule has 0 saturated heterocycles. The summed E-state index contributed by atoms with van der Waals surface area (Å²) in [7, 11) is 7.34. The van der Waals surface area contributed by atoms with Crippen molar-refractivity contribution >= 4 is 0 Å². The van der Waals surface area contributed by atoms with Crippen molar-refractivity contribution in [3.63, 3.8) is 0 Å². The first-order valence-corrected chi connectivity index (χ1v) is 8.77. The molecule has 2 unspecified atom stereocenters. The van der Waals surface area contributed by atoms with Crippen LogP contribution < -0.4 is 9.47 Å². The summed E-state index contributed by atoms with van der Waals surface area (Å²) in [5.74, 6) is 2.19. The number of hydrogen-bond donors (Lipinski definition) is 1. The Kier molecular flexibility index (Phi) is 11.8. The van der Waals surface area contributed by atoms with Crippen molar-refractivity contribution in [3.05, 3.63) is 36.0 Å². The third-order valence-corrected chi connectivity index (χ3v) is 3.89. The zero-order valence-electron chi connectivity index (χ0n) is 16.4. The maximum absolute atomic E-state index is 9.44. The van der Waals surface area contributed by atoms with E-state index in [0.29, 0.717) is 5.92 Å². The summed E-state index contributed by atoms with van der Waals surface area (Å²) >= 11 is 0. The lowest BCUT2D eigenvalue weighted by molar-refractivity contribution is 0.179. The molecule has 1 aliphatic carbocycles. The van der Waals surface area contributed by atoms with Crippen molar-refractivity contribution in [3.8, 4) is 11.5 Å². The number of allylic oxidation sites excluding steroid dienone is 1. The highest BCUT2D eigenvalue weighted by atomic mass is 16.5. The monoisotopic (exact) mass is 337 g/mol. The highest BCUT2D eigenvalue weighted by molar-refractivity contribution is 5.39. The van der Waals surface area contributed by atoms with Gasteiger partial charge in [0.05, 0.1) is 20.3 Å². The van der Waals surface area contributed by atoms with Gasteiger partial charge in [0, 0.05) is 19.8 Å². The largest absolute Gasteiger partial charge is 0.493 e. The van der Waals surface area contributed by atoms with Crippen LogP contribution in [0.4, 0.5) is 0 Å². The van der Waals surface area contributed by atoms with E-state index >= 15 is 0 Å². The molecular weight excluding hydrogens is 302 g/mol. The lowest BCUT2D eigenvalue weighted by Gasteiger charge is -2.30. The van der Waals surface area contributed by atoms with Gasteiger partial charge in [0.1, 0.15) is 0 Å². The summed E-state index contributed by atoms with van der Waals surface area (Å²) in [6.45, 7) is 6.21. The van der Waals surface area contributed by atoms with Crippen LogP contribution in [0.15, 0.2) is 36.0 Å². The number of ether oxygens (including phenoxy) is 2. The summed E-state index contributed by atoms with van der Waals surface area (Å²) in [6, 6.07) is 7.53. The minimum absolute atomic E-state index is 0.217. The number of aliphatic hydroxyl groups is 1. The number of nitrogens with zero attached hydrogens (tertiary/aromatic N) is 1. The minimum atomic E-state index is -0.217. The molecule has 2 rings (SSSR count). The van der Waals surface area contributed by atoms with Crippen LogP contribution in [-0.2, 0) is 0 Å². The van der Waals surface area contributed by atoms with E-state index in [9.17, 15) is 5.11 Å². The van der Waals surface area contributed by atoms with Crippen LogP contribution in [0, 0.1) is 5.92 Å². The highest BCUT2D eigenvalue weighted by Crippen LogP contribution is 2.28. The van der Waals surface area contributed by atoms with Crippen LogP contribution in [0.25, 0.3) is 0 Å². The Morgan fingerprint density at radius 3 is 1.92 bits per heavy atom. The topological polar surface area (TPSA) is 41.9 Å². The molecule has 0 aromatic heterocycles. The molecule has 0 radical (unpaired) electrons. The van der Waals surface area contributed by atoms with Crippen LogP contribution in [0.3, 0.4) is 0 Å².